The van der Waals surface area contributed by atoms with Crippen molar-refractivity contribution in [1.29, 1.82) is 0 Å². The fourth-order valence-electron chi connectivity index (χ4n) is 4.81. The van der Waals surface area contributed by atoms with Gasteiger partial charge in [-0.15, -0.1) is 0 Å². The molecule has 0 bridgehead atoms. The highest BCUT2D eigenvalue weighted by molar-refractivity contribution is 5.93. The number of alkyl carbamates (subject to hydrolysis) is 1. The number of ether oxygens (including phenoxy) is 1. The van der Waals surface area contributed by atoms with Crippen molar-refractivity contribution < 1.29 is 24.2 Å². The lowest BCUT2D eigenvalue weighted by molar-refractivity contribution is -0.149. The van der Waals surface area contributed by atoms with Crippen molar-refractivity contribution in [1.82, 2.24) is 15.5 Å². The Morgan fingerprint density at radius 3 is 2.06 bits per heavy atom. The van der Waals surface area contributed by atoms with Crippen molar-refractivity contribution in [3.8, 4) is 0 Å². The van der Waals surface area contributed by atoms with Crippen LogP contribution in [0.5, 0.6) is 0 Å². The van der Waals surface area contributed by atoms with Crippen LogP contribution in [0.1, 0.15) is 96.4 Å². The summed E-state index contributed by atoms with van der Waals surface area (Å²) in [5, 5.41) is 15.8. The second-order valence-electron chi connectivity index (χ2n) is 11.8. The molecular formula is C28H45N3O5. The molecule has 1 fully saturated rings. The number of rotatable bonds is 7. The first-order chi connectivity index (χ1) is 16.7. The van der Waals surface area contributed by atoms with Crippen LogP contribution < -0.4 is 10.6 Å². The van der Waals surface area contributed by atoms with Gasteiger partial charge in [0.2, 0.25) is 11.8 Å². The summed E-state index contributed by atoms with van der Waals surface area (Å²) >= 11 is 0. The molecule has 202 valence electrons. The van der Waals surface area contributed by atoms with Gasteiger partial charge in [-0.3, -0.25) is 9.59 Å². The molecule has 3 amide bonds. The molecule has 8 nitrogen and oxygen atoms in total. The number of aliphatic hydroxyl groups is 1. The van der Waals surface area contributed by atoms with Gasteiger partial charge in [-0.25, -0.2) is 4.79 Å². The molecule has 2 unspecified atom stereocenters. The average Bonchev–Trinajstić information content (AvgIpc) is 2.74. The van der Waals surface area contributed by atoms with E-state index in [0.717, 1.165) is 48.8 Å². The van der Waals surface area contributed by atoms with E-state index in [0.29, 0.717) is 0 Å². The van der Waals surface area contributed by atoms with E-state index in [1.54, 1.807) is 20.8 Å². The molecule has 1 saturated carbocycles. The highest BCUT2D eigenvalue weighted by Crippen LogP contribution is 2.34. The zero-order valence-corrected chi connectivity index (χ0v) is 23.2. The van der Waals surface area contributed by atoms with Crippen molar-refractivity contribution in [2.45, 2.75) is 117 Å². The van der Waals surface area contributed by atoms with Gasteiger partial charge >= 0.3 is 6.09 Å². The molecule has 36 heavy (non-hydrogen) atoms. The Bertz CT molecular complexity index is 906. The maximum Gasteiger partial charge on any atom is 0.408 e. The zero-order chi connectivity index (χ0) is 27.3. The fourth-order valence-corrected chi connectivity index (χ4v) is 4.81. The summed E-state index contributed by atoms with van der Waals surface area (Å²) in [7, 11) is 0. The highest BCUT2D eigenvalue weighted by atomic mass is 16.6. The number of nitrogens with zero attached hydrogens (tertiary/aromatic N) is 1. The van der Waals surface area contributed by atoms with E-state index in [9.17, 15) is 19.5 Å². The predicted octanol–water partition coefficient (Wildman–Crippen LogP) is 4.31. The Kier molecular flexibility index (Phi) is 9.94. The first kappa shape index (κ1) is 29.6. The van der Waals surface area contributed by atoms with Crippen molar-refractivity contribution >= 4 is 17.9 Å². The third kappa shape index (κ3) is 7.95. The fraction of sp³-hybridized carbons (Fsp3) is 0.679. The van der Waals surface area contributed by atoms with Gasteiger partial charge in [0.05, 0.1) is 6.61 Å². The normalized spacial score (nSPS) is 16.6. The lowest BCUT2D eigenvalue weighted by atomic mass is 9.89. The minimum Gasteiger partial charge on any atom is -0.444 e. The quantitative estimate of drug-likeness (QED) is 0.514. The van der Waals surface area contributed by atoms with E-state index in [-0.39, 0.29) is 11.9 Å². The maximum atomic E-state index is 14.0. The summed E-state index contributed by atoms with van der Waals surface area (Å²) < 4.78 is 5.31. The summed E-state index contributed by atoms with van der Waals surface area (Å²) in [4.78, 5) is 41.9. The van der Waals surface area contributed by atoms with Crippen molar-refractivity contribution in [2.75, 3.05) is 6.61 Å². The minimum absolute atomic E-state index is 0.0588. The SMILES string of the molecule is Cc1cccc(C)c1C(C(=O)NC1CCCCC1)N(C(=O)C(CO)NC(=O)OC(C)(C)C)C(C)(C)C. The largest absolute Gasteiger partial charge is 0.444 e. The number of aryl methyl sites for hydroxylation is 2. The average molecular weight is 504 g/mol. The van der Waals surface area contributed by atoms with Gasteiger partial charge < -0.3 is 25.4 Å². The van der Waals surface area contributed by atoms with Gasteiger partial charge in [0.25, 0.3) is 0 Å². The number of benzene rings is 1. The Balaban J connectivity index is 2.52. The summed E-state index contributed by atoms with van der Waals surface area (Å²) in [6, 6.07) is 3.63. The Morgan fingerprint density at radius 1 is 1.03 bits per heavy atom. The van der Waals surface area contributed by atoms with Crippen LogP contribution in [0.15, 0.2) is 18.2 Å². The smallest absolute Gasteiger partial charge is 0.408 e. The van der Waals surface area contributed by atoms with E-state index in [1.165, 1.54) is 4.90 Å². The molecule has 1 aromatic rings. The molecule has 0 heterocycles. The van der Waals surface area contributed by atoms with Gasteiger partial charge in [-0.2, -0.15) is 0 Å². The van der Waals surface area contributed by atoms with Crippen molar-refractivity contribution in [3.63, 3.8) is 0 Å². The number of nitrogens with one attached hydrogen (secondary N) is 2. The Morgan fingerprint density at radius 2 is 1.58 bits per heavy atom. The van der Waals surface area contributed by atoms with Crippen LogP contribution in [0.4, 0.5) is 4.79 Å². The molecule has 0 saturated heterocycles. The van der Waals surface area contributed by atoms with Gasteiger partial charge in [-0.05, 0) is 84.9 Å². The molecule has 0 radical (unpaired) electrons. The molecule has 2 rings (SSSR count). The van der Waals surface area contributed by atoms with Gasteiger partial charge in [0.15, 0.2) is 0 Å². The van der Waals surface area contributed by atoms with Crippen LogP contribution in [-0.4, -0.2) is 57.7 Å². The predicted molar refractivity (Wildman–Crippen MR) is 141 cm³/mol. The summed E-state index contributed by atoms with van der Waals surface area (Å²) in [5.41, 5.74) is 0.965. The van der Waals surface area contributed by atoms with Crippen LogP contribution in [0.2, 0.25) is 0 Å². The molecule has 0 aliphatic heterocycles. The van der Waals surface area contributed by atoms with E-state index in [2.05, 4.69) is 10.6 Å². The van der Waals surface area contributed by atoms with E-state index in [4.69, 9.17) is 4.74 Å². The number of carbonyl (C=O) groups excluding carboxylic acids is 3. The second-order valence-corrected chi connectivity index (χ2v) is 11.8. The molecule has 2 atom stereocenters. The molecular weight excluding hydrogens is 458 g/mol. The van der Waals surface area contributed by atoms with Crippen LogP contribution in [0.3, 0.4) is 0 Å². The molecule has 1 aromatic carbocycles. The molecule has 1 aliphatic carbocycles. The number of aliphatic hydroxyl groups excluding tert-OH is 1. The van der Waals surface area contributed by atoms with Crippen LogP contribution in [0.25, 0.3) is 0 Å². The lowest BCUT2D eigenvalue weighted by Gasteiger charge is -2.44. The molecule has 0 spiro atoms. The second kappa shape index (κ2) is 12.1. The lowest BCUT2D eigenvalue weighted by Crippen LogP contribution is -2.60. The van der Waals surface area contributed by atoms with Crippen molar-refractivity contribution in [3.05, 3.63) is 34.9 Å². The van der Waals surface area contributed by atoms with E-state index < -0.39 is 41.8 Å². The highest BCUT2D eigenvalue weighted by Gasteiger charge is 2.43. The standard InChI is InChI=1S/C28H45N3O5/c1-18-13-12-14-19(2)22(18)23(24(33)29-20-15-10-9-11-16-20)31(27(3,4)5)25(34)21(17-32)30-26(35)36-28(6,7)8/h12-14,20-21,23,32H,9-11,15-17H2,1-8H3,(H,29,33)(H,30,35). The van der Waals surface area contributed by atoms with Crippen LogP contribution in [0, 0.1) is 13.8 Å². The summed E-state index contributed by atoms with van der Waals surface area (Å²) in [6.07, 6.45) is 4.30. The van der Waals surface area contributed by atoms with Crippen LogP contribution >= 0.6 is 0 Å². The van der Waals surface area contributed by atoms with Crippen LogP contribution in [-0.2, 0) is 14.3 Å². The van der Waals surface area contributed by atoms with Gasteiger partial charge in [-0.1, -0.05) is 37.5 Å². The number of amides is 3. The van der Waals surface area contributed by atoms with E-state index in [1.807, 2.05) is 52.8 Å². The molecule has 1 aliphatic rings. The number of hydrogen-bond acceptors (Lipinski definition) is 5. The topological polar surface area (TPSA) is 108 Å². The maximum absolute atomic E-state index is 14.0. The summed E-state index contributed by atoms with van der Waals surface area (Å²) in [5.74, 6) is -0.807. The number of hydrogen-bond donors (Lipinski definition) is 3. The molecule has 8 heteroatoms. The molecule has 0 aromatic heterocycles. The molecule has 3 N–H and O–H groups in total. The van der Waals surface area contributed by atoms with Crippen molar-refractivity contribution in [2.24, 2.45) is 0 Å². The summed E-state index contributed by atoms with van der Waals surface area (Å²) in [6.45, 7) is 13.9. The number of carbonyl (C=O) groups is 3. The first-order valence-corrected chi connectivity index (χ1v) is 13.0. The first-order valence-electron chi connectivity index (χ1n) is 13.0. The van der Waals surface area contributed by atoms with Gasteiger partial charge in [0.1, 0.15) is 17.7 Å². The Hall–Kier alpha value is -2.61. The minimum atomic E-state index is -1.27. The Labute approximate surface area is 216 Å². The van der Waals surface area contributed by atoms with E-state index >= 15 is 0 Å². The third-order valence-corrected chi connectivity index (χ3v) is 6.41. The zero-order valence-electron chi connectivity index (χ0n) is 23.2. The third-order valence-electron chi connectivity index (χ3n) is 6.41. The monoisotopic (exact) mass is 503 g/mol. The van der Waals surface area contributed by atoms with Gasteiger partial charge in [0, 0.05) is 11.6 Å².